The number of hydrogen-bond acceptors (Lipinski definition) is 4. The van der Waals surface area contributed by atoms with Crippen LogP contribution in [0.3, 0.4) is 0 Å². The number of furan rings is 1. The molecule has 0 saturated carbocycles. The van der Waals surface area contributed by atoms with Crippen molar-refractivity contribution in [3.05, 3.63) is 52.8 Å². The van der Waals surface area contributed by atoms with Crippen molar-refractivity contribution in [1.29, 1.82) is 0 Å². The molecule has 0 unspecified atom stereocenters. The van der Waals surface area contributed by atoms with E-state index in [1.807, 2.05) is 0 Å². The molecule has 0 aliphatic carbocycles. The quantitative estimate of drug-likeness (QED) is 0.863. The maximum absolute atomic E-state index is 11.8. The first-order valence-corrected chi connectivity index (χ1v) is 5.73. The molecule has 1 N–H and O–H groups in total. The second kappa shape index (κ2) is 5.90. The van der Waals surface area contributed by atoms with Crippen LogP contribution in [-0.2, 0) is 17.9 Å². The van der Waals surface area contributed by atoms with Gasteiger partial charge in [0, 0.05) is 6.20 Å². The van der Waals surface area contributed by atoms with Gasteiger partial charge < -0.3 is 19.0 Å². The highest BCUT2D eigenvalue weighted by atomic mass is 16.5. The van der Waals surface area contributed by atoms with E-state index in [-0.39, 0.29) is 23.8 Å². The van der Waals surface area contributed by atoms with Crippen molar-refractivity contribution in [2.75, 3.05) is 7.11 Å². The van der Waals surface area contributed by atoms with Crippen LogP contribution < -0.4 is 15.6 Å². The van der Waals surface area contributed by atoms with E-state index in [1.165, 1.54) is 24.1 Å². The predicted octanol–water partition coefficient (Wildman–Crippen LogP) is 0.766. The summed E-state index contributed by atoms with van der Waals surface area (Å²) in [5.41, 5.74) is -0.335. The molecule has 0 fully saturated rings. The largest absolute Gasteiger partial charge is 0.491 e. The molecule has 0 atom stereocenters. The fraction of sp³-hybridized carbons (Fsp3) is 0.231. The fourth-order valence-corrected chi connectivity index (χ4v) is 1.60. The molecule has 0 radical (unpaired) electrons. The predicted molar refractivity (Wildman–Crippen MR) is 67.8 cm³/mol. The average molecular weight is 262 g/mol. The van der Waals surface area contributed by atoms with Gasteiger partial charge in [-0.2, -0.15) is 0 Å². The van der Waals surface area contributed by atoms with Crippen molar-refractivity contribution in [3.63, 3.8) is 0 Å². The van der Waals surface area contributed by atoms with Crippen LogP contribution in [0.2, 0.25) is 0 Å². The van der Waals surface area contributed by atoms with Crippen LogP contribution in [0.5, 0.6) is 5.75 Å². The van der Waals surface area contributed by atoms with Gasteiger partial charge >= 0.3 is 0 Å². The monoisotopic (exact) mass is 262 g/mol. The molecule has 2 aromatic rings. The van der Waals surface area contributed by atoms with Gasteiger partial charge in [0.05, 0.1) is 19.9 Å². The lowest BCUT2D eigenvalue weighted by Gasteiger charge is -2.07. The first-order valence-electron chi connectivity index (χ1n) is 5.73. The van der Waals surface area contributed by atoms with Gasteiger partial charge in [0.1, 0.15) is 12.3 Å². The second-order valence-corrected chi connectivity index (χ2v) is 3.87. The SMILES string of the molecule is COc1cccn(CC(=O)NCc2ccco2)c1=O. The number of pyridine rings is 1. The summed E-state index contributed by atoms with van der Waals surface area (Å²) in [4.78, 5) is 23.5. The highest BCUT2D eigenvalue weighted by molar-refractivity contribution is 5.75. The van der Waals surface area contributed by atoms with Gasteiger partial charge in [-0.25, -0.2) is 0 Å². The zero-order chi connectivity index (χ0) is 13.7. The molecule has 2 heterocycles. The standard InChI is InChI=1S/C13H14N2O4/c1-18-11-5-2-6-15(13(11)17)9-12(16)14-8-10-4-3-7-19-10/h2-7H,8-9H2,1H3,(H,14,16). The number of carbonyl (C=O) groups is 1. The molecule has 0 aliphatic heterocycles. The number of hydrogen-bond donors (Lipinski definition) is 1. The summed E-state index contributed by atoms with van der Waals surface area (Å²) in [6, 6.07) is 6.71. The Balaban J connectivity index is 1.97. The molecule has 1 amide bonds. The fourth-order valence-electron chi connectivity index (χ4n) is 1.60. The third kappa shape index (κ3) is 3.25. The van der Waals surface area contributed by atoms with Crippen molar-refractivity contribution < 1.29 is 13.9 Å². The Labute approximate surface area is 109 Å². The van der Waals surface area contributed by atoms with Gasteiger partial charge in [0.25, 0.3) is 5.56 Å². The van der Waals surface area contributed by atoms with Gasteiger partial charge in [0.2, 0.25) is 5.91 Å². The number of methoxy groups -OCH3 is 1. The molecule has 0 bridgehead atoms. The van der Waals surface area contributed by atoms with Crippen LogP contribution in [0.15, 0.2) is 45.9 Å². The van der Waals surface area contributed by atoms with Crippen molar-refractivity contribution >= 4 is 5.91 Å². The van der Waals surface area contributed by atoms with E-state index in [0.29, 0.717) is 12.3 Å². The highest BCUT2D eigenvalue weighted by Crippen LogP contribution is 2.01. The van der Waals surface area contributed by atoms with Gasteiger partial charge in [-0.05, 0) is 24.3 Å². The topological polar surface area (TPSA) is 73.5 Å². The summed E-state index contributed by atoms with van der Waals surface area (Å²) in [5, 5.41) is 2.67. The lowest BCUT2D eigenvalue weighted by Crippen LogP contribution is -2.31. The molecule has 100 valence electrons. The Morgan fingerprint density at radius 1 is 1.42 bits per heavy atom. The molecule has 0 aliphatic rings. The molecule has 6 heteroatoms. The third-order valence-corrected chi connectivity index (χ3v) is 2.56. The lowest BCUT2D eigenvalue weighted by molar-refractivity contribution is -0.121. The number of rotatable bonds is 5. The first kappa shape index (κ1) is 12.9. The highest BCUT2D eigenvalue weighted by Gasteiger charge is 2.07. The molecule has 0 spiro atoms. The maximum Gasteiger partial charge on any atom is 0.293 e. The average Bonchev–Trinajstić information content (AvgIpc) is 2.92. The van der Waals surface area contributed by atoms with E-state index < -0.39 is 0 Å². The summed E-state index contributed by atoms with van der Waals surface area (Å²) < 4.78 is 11.3. The molecule has 6 nitrogen and oxygen atoms in total. The molecule has 2 rings (SSSR count). The molecule has 0 saturated heterocycles. The van der Waals surface area contributed by atoms with Crippen molar-refractivity contribution in [1.82, 2.24) is 9.88 Å². The minimum Gasteiger partial charge on any atom is -0.491 e. The Bertz CT molecular complexity index is 601. The van der Waals surface area contributed by atoms with Crippen LogP contribution >= 0.6 is 0 Å². The van der Waals surface area contributed by atoms with Crippen molar-refractivity contribution in [3.8, 4) is 5.75 Å². The second-order valence-electron chi connectivity index (χ2n) is 3.87. The molecule has 2 aromatic heterocycles. The van der Waals surface area contributed by atoms with E-state index in [0.717, 1.165) is 0 Å². The van der Waals surface area contributed by atoms with Crippen LogP contribution in [0.4, 0.5) is 0 Å². The van der Waals surface area contributed by atoms with Crippen LogP contribution in [0.1, 0.15) is 5.76 Å². The summed E-state index contributed by atoms with van der Waals surface area (Å²) >= 11 is 0. The van der Waals surface area contributed by atoms with Crippen LogP contribution in [0.25, 0.3) is 0 Å². The number of nitrogens with one attached hydrogen (secondary N) is 1. The zero-order valence-corrected chi connectivity index (χ0v) is 10.5. The van der Waals surface area contributed by atoms with Crippen LogP contribution in [-0.4, -0.2) is 17.6 Å². The van der Waals surface area contributed by atoms with Gasteiger partial charge in [-0.1, -0.05) is 0 Å². The van der Waals surface area contributed by atoms with Gasteiger partial charge in [-0.3, -0.25) is 9.59 Å². The van der Waals surface area contributed by atoms with E-state index in [9.17, 15) is 9.59 Å². The molecular weight excluding hydrogens is 248 g/mol. The number of amides is 1. The minimum atomic E-state index is -0.335. The summed E-state index contributed by atoms with van der Waals surface area (Å²) in [5.74, 6) is 0.597. The number of nitrogens with zero attached hydrogens (tertiary/aromatic N) is 1. The Hall–Kier alpha value is -2.50. The van der Waals surface area contributed by atoms with E-state index in [2.05, 4.69) is 5.32 Å². The molecule has 19 heavy (non-hydrogen) atoms. The number of carbonyl (C=O) groups excluding carboxylic acids is 1. The summed E-state index contributed by atoms with van der Waals surface area (Å²) in [7, 11) is 1.41. The van der Waals surface area contributed by atoms with E-state index in [1.54, 1.807) is 24.3 Å². The van der Waals surface area contributed by atoms with Crippen LogP contribution in [0, 0.1) is 0 Å². The maximum atomic E-state index is 11.8. The molecule has 0 aromatic carbocycles. The lowest BCUT2D eigenvalue weighted by atomic mass is 10.4. The molecular formula is C13H14N2O4. The van der Waals surface area contributed by atoms with Gasteiger partial charge in [-0.15, -0.1) is 0 Å². The van der Waals surface area contributed by atoms with Crippen molar-refractivity contribution in [2.24, 2.45) is 0 Å². The van der Waals surface area contributed by atoms with E-state index in [4.69, 9.17) is 9.15 Å². The number of aromatic nitrogens is 1. The normalized spacial score (nSPS) is 10.2. The Morgan fingerprint density at radius 2 is 2.26 bits per heavy atom. The third-order valence-electron chi connectivity index (χ3n) is 2.56. The van der Waals surface area contributed by atoms with Crippen molar-refractivity contribution in [2.45, 2.75) is 13.1 Å². The van der Waals surface area contributed by atoms with E-state index >= 15 is 0 Å². The number of ether oxygens (including phenoxy) is 1. The minimum absolute atomic E-state index is 0.0588. The zero-order valence-electron chi connectivity index (χ0n) is 10.5. The Morgan fingerprint density at radius 3 is 2.95 bits per heavy atom. The summed E-state index contributed by atoms with van der Waals surface area (Å²) in [6.45, 7) is 0.237. The van der Waals surface area contributed by atoms with Gasteiger partial charge in [0.15, 0.2) is 5.75 Å². The summed E-state index contributed by atoms with van der Waals surface area (Å²) in [6.07, 6.45) is 3.07. The first-order chi connectivity index (χ1) is 9.20. The smallest absolute Gasteiger partial charge is 0.293 e. The Kier molecular flexibility index (Phi) is 4.02.